The third-order valence-electron chi connectivity index (χ3n) is 4.74. The number of rotatable bonds is 5. The summed E-state index contributed by atoms with van der Waals surface area (Å²) in [6.45, 7) is 5.00. The standard InChI is InChI=1S/C17H26ClNO2/c1-11(2)14-12(17(10-19)7-5-6-8-17)9-13(18)15(20-3)16(14)21-4/h9,11H,5-8,10,19H2,1-4H3. The maximum absolute atomic E-state index is 6.44. The van der Waals surface area contributed by atoms with E-state index >= 15 is 0 Å². The zero-order chi connectivity index (χ0) is 15.6. The molecular weight excluding hydrogens is 286 g/mol. The molecule has 0 radical (unpaired) electrons. The highest BCUT2D eigenvalue weighted by atomic mass is 35.5. The van der Waals surface area contributed by atoms with Crippen LogP contribution in [0, 0.1) is 0 Å². The Kier molecular flexibility index (Phi) is 5.05. The van der Waals surface area contributed by atoms with Crippen LogP contribution in [0.1, 0.15) is 56.6 Å². The lowest BCUT2D eigenvalue weighted by molar-refractivity contribution is 0.346. The Balaban J connectivity index is 2.73. The minimum absolute atomic E-state index is 0.0306. The second-order valence-electron chi connectivity index (χ2n) is 6.23. The van der Waals surface area contributed by atoms with E-state index in [0.717, 1.165) is 18.6 Å². The van der Waals surface area contributed by atoms with Gasteiger partial charge in [0.2, 0.25) is 0 Å². The van der Waals surface area contributed by atoms with Gasteiger partial charge in [-0.25, -0.2) is 0 Å². The molecule has 0 aliphatic heterocycles. The first-order valence-corrected chi connectivity index (χ1v) is 8.03. The van der Waals surface area contributed by atoms with Crippen molar-refractivity contribution in [3.05, 3.63) is 22.2 Å². The number of methoxy groups -OCH3 is 2. The lowest BCUT2D eigenvalue weighted by Crippen LogP contribution is -2.33. The Morgan fingerprint density at radius 2 is 1.76 bits per heavy atom. The molecule has 4 heteroatoms. The van der Waals surface area contributed by atoms with E-state index in [9.17, 15) is 0 Å². The van der Waals surface area contributed by atoms with Crippen molar-refractivity contribution >= 4 is 11.6 Å². The number of hydrogen-bond donors (Lipinski definition) is 1. The predicted octanol–water partition coefficient (Wildman–Crippen LogP) is 4.25. The third kappa shape index (κ3) is 2.74. The van der Waals surface area contributed by atoms with Crippen LogP contribution in [0.5, 0.6) is 11.5 Å². The van der Waals surface area contributed by atoms with Gasteiger partial charge in [-0.15, -0.1) is 0 Å². The van der Waals surface area contributed by atoms with Crippen LogP contribution in [0.3, 0.4) is 0 Å². The van der Waals surface area contributed by atoms with E-state index in [-0.39, 0.29) is 5.41 Å². The average Bonchev–Trinajstić information content (AvgIpc) is 2.95. The second kappa shape index (κ2) is 6.45. The zero-order valence-corrected chi connectivity index (χ0v) is 14.2. The lowest BCUT2D eigenvalue weighted by Gasteiger charge is -2.33. The first-order chi connectivity index (χ1) is 10.0. The third-order valence-corrected chi connectivity index (χ3v) is 5.02. The molecule has 0 saturated heterocycles. The van der Waals surface area contributed by atoms with Gasteiger partial charge >= 0.3 is 0 Å². The molecule has 1 aliphatic carbocycles. The molecule has 2 rings (SSSR count). The summed E-state index contributed by atoms with van der Waals surface area (Å²) >= 11 is 6.44. The summed E-state index contributed by atoms with van der Waals surface area (Å²) in [5.41, 5.74) is 8.63. The molecule has 1 aliphatic rings. The number of hydrogen-bond acceptors (Lipinski definition) is 3. The van der Waals surface area contributed by atoms with Crippen molar-refractivity contribution in [2.45, 2.75) is 50.9 Å². The minimum atomic E-state index is 0.0306. The molecular formula is C17H26ClNO2. The molecule has 0 unspecified atom stereocenters. The molecule has 1 aromatic rings. The van der Waals surface area contributed by atoms with E-state index in [1.165, 1.54) is 24.0 Å². The van der Waals surface area contributed by atoms with E-state index in [1.54, 1.807) is 14.2 Å². The normalized spacial score (nSPS) is 17.3. The minimum Gasteiger partial charge on any atom is -0.492 e. The summed E-state index contributed by atoms with van der Waals surface area (Å²) in [4.78, 5) is 0. The maximum Gasteiger partial charge on any atom is 0.179 e. The summed E-state index contributed by atoms with van der Waals surface area (Å²) in [5, 5.41) is 0.605. The quantitative estimate of drug-likeness (QED) is 0.884. The Morgan fingerprint density at radius 1 is 1.19 bits per heavy atom. The van der Waals surface area contributed by atoms with E-state index in [2.05, 4.69) is 19.9 Å². The average molecular weight is 312 g/mol. The number of halogens is 1. The van der Waals surface area contributed by atoms with Gasteiger partial charge in [-0.2, -0.15) is 0 Å². The molecule has 21 heavy (non-hydrogen) atoms. The van der Waals surface area contributed by atoms with Crippen molar-refractivity contribution in [3.8, 4) is 11.5 Å². The first-order valence-electron chi connectivity index (χ1n) is 7.65. The molecule has 1 aromatic carbocycles. The SMILES string of the molecule is COc1c(Cl)cc(C2(CN)CCCC2)c(C(C)C)c1OC. The highest BCUT2D eigenvalue weighted by molar-refractivity contribution is 6.32. The van der Waals surface area contributed by atoms with Crippen molar-refractivity contribution in [1.82, 2.24) is 0 Å². The first kappa shape index (κ1) is 16.4. The molecule has 0 bridgehead atoms. The van der Waals surface area contributed by atoms with Gasteiger partial charge in [0, 0.05) is 17.5 Å². The summed E-state index contributed by atoms with van der Waals surface area (Å²) in [6, 6.07) is 2.05. The molecule has 2 N–H and O–H groups in total. The van der Waals surface area contributed by atoms with Crippen LogP contribution >= 0.6 is 11.6 Å². The van der Waals surface area contributed by atoms with Gasteiger partial charge in [0.15, 0.2) is 11.5 Å². The van der Waals surface area contributed by atoms with E-state index in [0.29, 0.717) is 23.2 Å². The summed E-state index contributed by atoms with van der Waals surface area (Å²) in [6.07, 6.45) is 4.69. The Hall–Kier alpha value is -0.930. The van der Waals surface area contributed by atoms with Crippen molar-refractivity contribution < 1.29 is 9.47 Å². The predicted molar refractivity (Wildman–Crippen MR) is 87.8 cm³/mol. The molecule has 0 amide bonds. The molecule has 1 saturated carbocycles. The van der Waals surface area contributed by atoms with E-state index in [4.69, 9.17) is 26.8 Å². The van der Waals surface area contributed by atoms with Crippen LogP contribution in [0.25, 0.3) is 0 Å². The molecule has 3 nitrogen and oxygen atoms in total. The van der Waals surface area contributed by atoms with Gasteiger partial charge in [0.25, 0.3) is 0 Å². The fourth-order valence-corrected chi connectivity index (χ4v) is 3.94. The Morgan fingerprint density at radius 3 is 2.19 bits per heavy atom. The molecule has 0 heterocycles. The largest absolute Gasteiger partial charge is 0.492 e. The number of nitrogens with two attached hydrogens (primary N) is 1. The number of benzene rings is 1. The Labute approximate surface area is 132 Å². The monoisotopic (exact) mass is 311 g/mol. The van der Waals surface area contributed by atoms with Crippen LogP contribution in [-0.2, 0) is 5.41 Å². The van der Waals surface area contributed by atoms with Crippen molar-refractivity contribution in [3.63, 3.8) is 0 Å². The second-order valence-corrected chi connectivity index (χ2v) is 6.64. The van der Waals surface area contributed by atoms with Crippen LogP contribution in [-0.4, -0.2) is 20.8 Å². The summed E-state index contributed by atoms with van der Waals surface area (Å²) in [5.74, 6) is 1.71. The lowest BCUT2D eigenvalue weighted by atomic mass is 9.74. The highest BCUT2D eigenvalue weighted by Gasteiger charge is 2.38. The molecule has 118 valence electrons. The highest BCUT2D eigenvalue weighted by Crippen LogP contribution is 2.50. The van der Waals surface area contributed by atoms with E-state index < -0.39 is 0 Å². The molecule has 0 atom stereocenters. The molecule has 0 spiro atoms. The molecule has 0 aromatic heterocycles. The fourth-order valence-electron chi connectivity index (χ4n) is 3.66. The van der Waals surface area contributed by atoms with Gasteiger partial charge in [-0.05, 0) is 30.4 Å². The van der Waals surface area contributed by atoms with Gasteiger partial charge in [-0.1, -0.05) is 38.3 Å². The van der Waals surface area contributed by atoms with Gasteiger partial charge in [0.1, 0.15) is 0 Å². The van der Waals surface area contributed by atoms with Crippen molar-refractivity contribution in [1.29, 1.82) is 0 Å². The maximum atomic E-state index is 6.44. The Bertz CT molecular complexity index is 508. The topological polar surface area (TPSA) is 44.5 Å². The zero-order valence-electron chi connectivity index (χ0n) is 13.5. The van der Waals surface area contributed by atoms with Crippen LogP contribution in [0.2, 0.25) is 5.02 Å². The van der Waals surface area contributed by atoms with E-state index in [1.807, 2.05) is 0 Å². The summed E-state index contributed by atoms with van der Waals surface area (Å²) < 4.78 is 11.1. The van der Waals surface area contributed by atoms with Crippen LogP contribution < -0.4 is 15.2 Å². The van der Waals surface area contributed by atoms with Gasteiger partial charge in [-0.3, -0.25) is 0 Å². The number of ether oxygens (including phenoxy) is 2. The van der Waals surface area contributed by atoms with Crippen LogP contribution in [0.15, 0.2) is 6.07 Å². The summed E-state index contributed by atoms with van der Waals surface area (Å²) in [7, 11) is 3.30. The molecule has 1 fully saturated rings. The van der Waals surface area contributed by atoms with Gasteiger partial charge in [0.05, 0.1) is 19.2 Å². The smallest absolute Gasteiger partial charge is 0.179 e. The van der Waals surface area contributed by atoms with Crippen LogP contribution in [0.4, 0.5) is 0 Å². The van der Waals surface area contributed by atoms with Gasteiger partial charge < -0.3 is 15.2 Å². The van der Waals surface area contributed by atoms with Crippen molar-refractivity contribution in [2.75, 3.05) is 20.8 Å². The fraction of sp³-hybridized carbons (Fsp3) is 0.647. The van der Waals surface area contributed by atoms with Crippen molar-refractivity contribution in [2.24, 2.45) is 5.73 Å².